The smallest absolute Gasteiger partial charge is 0.0755 e. The summed E-state index contributed by atoms with van der Waals surface area (Å²) in [6.45, 7) is 20.6. The molecular formula is C30H41S+. The Balaban J connectivity index is 1.99. The lowest BCUT2D eigenvalue weighted by atomic mass is 9.83. The Morgan fingerprint density at radius 2 is 1.03 bits per heavy atom. The normalized spacial score (nSPS) is 17.7. The maximum absolute atomic E-state index is 2.47. The first kappa shape index (κ1) is 23.9. The number of rotatable bonds is 3. The van der Waals surface area contributed by atoms with Crippen LogP contribution in [-0.4, -0.2) is 5.25 Å². The fourth-order valence-corrected chi connectivity index (χ4v) is 6.37. The van der Waals surface area contributed by atoms with Gasteiger partial charge in [-0.1, -0.05) is 98.7 Å². The summed E-state index contributed by atoms with van der Waals surface area (Å²) in [5, 5.41) is 0.507. The van der Waals surface area contributed by atoms with E-state index < -0.39 is 0 Å². The Morgan fingerprint density at radius 1 is 0.613 bits per heavy atom. The lowest BCUT2D eigenvalue weighted by Crippen LogP contribution is -2.23. The highest BCUT2D eigenvalue weighted by Gasteiger charge is 2.35. The predicted octanol–water partition coefficient (Wildman–Crippen LogP) is 8.62. The van der Waals surface area contributed by atoms with Crippen LogP contribution in [0.25, 0.3) is 0 Å². The largest absolute Gasteiger partial charge is 0.161 e. The van der Waals surface area contributed by atoms with Gasteiger partial charge in [0.05, 0.1) is 10.9 Å². The molecule has 2 aromatic carbocycles. The van der Waals surface area contributed by atoms with Crippen LogP contribution in [0.3, 0.4) is 0 Å². The second-order valence-corrected chi connectivity index (χ2v) is 14.2. The second kappa shape index (κ2) is 8.66. The Labute approximate surface area is 194 Å². The van der Waals surface area contributed by atoms with Crippen molar-refractivity contribution >= 4 is 10.9 Å². The first-order valence-corrected chi connectivity index (χ1v) is 12.9. The number of hydrogen-bond donors (Lipinski definition) is 0. The van der Waals surface area contributed by atoms with E-state index in [9.17, 15) is 0 Å². The van der Waals surface area contributed by atoms with Crippen LogP contribution >= 0.6 is 0 Å². The summed E-state index contributed by atoms with van der Waals surface area (Å²) in [6.07, 6.45) is 8.42. The van der Waals surface area contributed by atoms with Crippen molar-refractivity contribution in [1.82, 2.24) is 0 Å². The fraction of sp³-hybridized carbons (Fsp3) is 0.467. The van der Waals surface area contributed by atoms with Crippen LogP contribution in [0, 0.1) is 5.41 Å². The summed E-state index contributed by atoms with van der Waals surface area (Å²) in [6, 6.07) is 18.8. The number of hydrogen-bond acceptors (Lipinski definition) is 0. The molecule has 1 aliphatic rings. The van der Waals surface area contributed by atoms with Crippen LogP contribution in [0.4, 0.5) is 0 Å². The van der Waals surface area contributed by atoms with E-state index in [1.165, 1.54) is 26.5 Å². The molecule has 0 nitrogen and oxygen atoms in total. The van der Waals surface area contributed by atoms with Gasteiger partial charge in [-0.05, 0) is 63.3 Å². The highest BCUT2D eigenvalue weighted by molar-refractivity contribution is 7.97. The van der Waals surface area contributed by atoms with Crippen molar-refractivity contribution in [2.24, 2.45) is 5.41 Å². The van der Waals surface area contributed by atoms with Crippen molar-refractivity contribution in [1.29, 1.82) is 0 Å². The second-order valence-electron chi connectivity index (χ2n) is 11.9. The van der Waals surface area contributed by atoms with E-state index in [-0.39, 0.29) is 27.1 Å². The molecule has 0 radical (unpaired) electrons. The van der Waals surface area contributed by atoms with E-state index in [2.05, 4.69) is 129 Å². The van der Waals surface area contributed by atoms with Crippen molar-refractivity contribution in [2.45, 2.75) is 94.6 Å². The molecule has 1 aliphatic carbocycles. The van der Waals surface area contributed by atoms with Gasteiger partial charge in [0.15, 0.2) is 15.0 Å². The number of benzene rings is 2. The van der Waals surface area contributed by atoms with Gasteiger partial charge in [-0.2, -0.15) is 0 Å². The van der Waals surface area contributed by atoms with Crippen LogP contribution in [0.15, 0.2) is 82.1 Å². The van der Waals surface area contributed by atoms with Crippen LogP contribution < -0.4 is 0 Å². The Morgan fingerprint density at radius 3 is 1.32 bits per heavy atom. The Hall–Kier alpha value is -1.73. The third-order valence-corrected chi connectivity index (χ3v) is 8.69. The molecule has 2 aromatic rings. The third kappa shape index (κ3) is 5.75. The van der Waals surface area contributed by atoms with E-state index in [4.69, 9.17) is 0 Å². The predicted molar refractivity (Wildman–Crippen MR) is 139 cm³/mol. The molecule has 0 amide bonds. The summed E-state index contributed by atoms with van der Waals surface area (Å²) < 4.78 is 0. The Bertz CT molecular complexity index is 878. The monoisotopic (exact) mass is 433 g/mol. The summed E-state index contributed by atoms with van der Waals surface area (Å²) in [5.74, 6) is 0. The summed E-state index contributed by atoms with van der Waals surface area (Å²) in [5.41, 5.74) is 4.83. The molecule has 166 valence electrons. The average molecular weight is 434 g/mol. The molecule has 0 bridgehead atoms. The molecule has 1 atom stereocenters. The van der Waals surface area contributed by atoms with Crippen LogP contribution in [0.2, 0.25) is 0 Å². The van der Waals surface area contributed by atoms with Crippen molar-refractivity contribution in [3.63, 3.8) is 0 Å². The molecule has 0 aromatic heterocycles. The molecule has 1 unspecified atom stereocenters. The van der Waals surface area contributed by atoms with E-state index in [1.54, 1.807) is 0 Å². The number of allylic oxidation sites excluding steroid dienone is 3. The SMILES string of the molecule is CC(C)(C)C1=CCC([S+](c2ccc(C(C)(C)C)cc2)c2ccc(C(C)(C)C)cc2)C=C1. The molecule has 0 aliphatic heterocycles. The third-order valence-electron chi connectivity index (χ3n) is 6.18. The minimum absolute atomic E-state index is 0.0191. The lowest BCUT2D eigenvalue weighted by Gasteiger charge is -2.26. The van der Waals surface area contributed by atoms with Gasteiger partial charge in [-0.15, -0.1) is 0 Å². The lowest BCUT2D eigenvalue weighted by molar-refractivity contribution is 0.512. The van der Waals surface area contributed by atoms with Gasteiger partial charge in [-0.3, -0.25) is 0 Å². The van der Waals surface area contributed by atoms with E-state index in [0.717, 1.165) is 6.42 Å². The molecule has 0 spiro atoms. The van der Waals surface area contributed by atoms with E-state index in [0.29, 0.717) is 5.25 Å². The summed E-state index contributed by atoms with van der Waals surface area (Å²) >= 11 is 0. The zero-order chi connectivity index (χ0) is 23.0. The van der Waals surface area contributed by atoms with Gasteiger partial charge < -0.3 is 0 Å². The Kier molecular flexibility index (Phi) is 6.68. The van der Waals surface area contributed by atoms with Crippen molar-refractivity contribution < 1.29 is 0 Å². The van der Waals surface area contributed by atoms with Gasteiger partial charge in [0.1, 0.15) is 0 Å². The van der Waals surface area contributed by atoms with E-state index >= 15 is 0 Å². The molecule has 3 rings (SSSR count). The molecule has 1 heteroatoms. The van der Waals surface area contributed by atoms with Gasteiger partial charge in [0, 0.05) is 6.42 Å². The molecular weight excluding hydrogens is 392 g/mol. The van der Waals surface area contributed by atoms with Gasteiger partial charge in [-0.25, -0.2) is 0 Å². The van der Waals surface area contributed by atoms with Crippen molar-refractivity contribution in [3.8, 4) is 0 Å². The maximum Gasteiger partial charge on any atom is 0.161 e. The standard InChI is InChI=1S/C30H41S/c1-28(2,3)22-10-16-25(17-11-22)31(26-18-12-23(13-19-26)29(4,5)6)27-20-14-24(15-21-27)30(7,8)9/h10-20,27H,21H2,1-9H3/q+1. The van der Waals surface area contributed by atoms with E-state index in [1.807, 2.05) is 0 Å². The van der Waals surface area contributed by atoms with Crippen LogP contribution in [0.1, 0.15) is 79.9 Å². The highest BCUT2D eigenvalue weighted by Crippen LogP contribution is 2.37. The van der Waals surface area contributed by atoms with Crippen LogP contribution in [0.5, 0.6) is 0 Å². The maximum atomic E-state index is 2.47. The van der Waals surface area contributed by atoms with Crippen molar-refractivity contribution in [2.75, 3.05) is 0 Å². The molecule has 0 saturated heterocycles. The summed E-state index contributed by atoms with van der Waals surface area (Å²) in [4.78, 5) is 2.89. The minimum Gasteiger partial charge on any atom is -0.0755 e. The molecule has 0 fully saturated rings. The topological polar surface area (TPSA) is 0 Å². The van der Waals surface area contributed by atoms with Crippen molar-refractivity contribution in [3.05, 3.63) is 83.5 Å². The molecule has 0 N–H and O–H groups in total. The molecule has 0 saturated carbocycles. The zero-order valence-electron chi connectivity index (χ0n) is 21.0. The molecule has 0 heterocycles. The summed E-state index contributed by atoms with van der Waals surface area (Å²) in [7, 11) is 0.0191. The van der Waals surface area contributed by atoms with Gasteiger partial charge >= 0.3 is 0 Å². The van der Waals surface area contributed by atoms with Crippen LogP contribution in [-0.2, 0) is 21.7 Å². The van der Waals surface area contributed by atoms with Gasteiger partial charge in [0.25, 0.3) is 0 Å². The zero-order valence-corrected chi connectivity index (χ0v) is 21.9. The molecule has 31 heavy (non-hydrogen) atoms. The first-order chi connectivity index (χ1) is 14.3. The first-order valence-electron chi connectivity index (χ1n) is 11.6. The highest BCUT2D eigenvalue weighted by atomic mass is 32.2. The van der Waals surface area contributed by atoms with Gasteiger partial charge in [0.2, 0.25) is 0 Å². The minimum atomic E-state index is 0.0191. The average Bonchev–Trinajstić information content (AvgIpc) is 2.67. The fourth-order valence-electron chi connectivity index (χ4n) is 4.02. The quantitative estimate of drug-likeness (QED) is 0.425.